The summed E-state index contributed by atoms with van der Waals surface area (Å²) in [6, 6.07) is 9.35. The van der Waals surface area contributed by atoms with Crippen molar-refractivity contribution >= 4 is 10.9 Å². The average Bonchev–Trinajstić information content (AvgIpc) is 2.42. The number of rotatable bonds is 5. The zero-order chi connectivity index (χ0) is 13.8. The third kappa shape index (κ3) is 2.84. The first kappa shape index (κ1) is 13.7. The standard InChI is InChI=1S/C14H18N2O3/c1-19-9-12(17)8-16-13-5-3-2-4-10(13)6-11(7-15)14(16)18/h2-6,12,17H,7-9,15H2,1H3. The summed E-state index contributed by atoms with van der Waals surface area (Å²) < 4.78 is 6.45. The Hall–Kier alpha value is -1.69. The first-order valence-electron chi connectivity index (χ1n) is 6.16. The van der Waals surface area contributed by atoms with Gasteiger partial charge in [-0.3, -0.25) is 4.79 Å². The molecule has 19 heavy (non-hydrogen) atoms. The van der Waals surface area contributed by atoms with Gasteiger partial charge in [0.15, 0.2) is 0 Å². The van der Waals surface area contributed by atoms with Gasteiger partial charge in [0.2, 0.25) is 0 Å². The molecule has 0 aliphatic rings. The van der Waals surface area contributed by atoms with E-state index in [9.17, 15) is 9.90 Å². The fourth-order valence-corrected chi connectivity index (χ4v) is 2.17. The minimum Gasteiger partial charge on any atom is -0.389 e. The molecule has 2 rings (SSSR count). The normalized spacial score (nSPS) is 12.8. The first-order valence-corrected chi connectivity index (χ1v) is 6.16. The number of methoxy groups -OCH3 is 1. The van der Waals surface area contributed by atoms with Crippen molar-refractivity contribution in [1.82, 2.24) is 4.57 Å². The second kappa shape index (κ2) is 5.97. The molecule has 0 fully saturated rings. The number of aliphatic hydroxyl groups excluding tert-OH is 1. The van der Waals surface area contributed by atoms with Crippen molar-refractivity contribution in [3.8, 4) is 0 Å². The zero-order valence-electron chi connectivity index (χ0n) is 10.9. The highest BCUT2D eigenvalue weighted by Crippen LogP contribution is 2.13. The number of pyridine rings is 1. The van der Waals surface area contributed by atoms with Gasteiger partial charge in [0.05, 0.1) is 24.8 Å². The minimum absolute atomic E-state index is 0.156. The third-order valence-corrected chi connectivity index (χ3v) is 3.05. The molecule has 0 amide bonds. The average molecular weight is 262 g/mol. The molecule has 3 N–H and O–H groups in total. The highest BCUT2D eigenvalue weighted by Gasteiger charge is 2.12. The van der Waals surface area contributed by atoms with Gasteiger partial charge >= 0.3 is 0 Å². The molecule has 1 aromatic heterocycles. The smallest absolute Gasteiger partial charge is 0.255 e. The lowest BCUT2D eigenvalue weighted by Gasteiger charge is -2.15. The van der Waals surface area contributed by atoms with E-state index in [1.807, 2.05) is 24.3 Å². The van der Waals surface area contributed by atoms with Crippen molar-refractivity contribution in [3.63, 3.8) is 0 Å². The number of para-hydroxylation sites is 1. The maximum atomic E-state index is 12.3. The van der Waals surface area contributed by atoms with E-state index in [2.05, 4.69) is 0 Å². The summed E-state index contributed by atoms with van der Waals surface area (Å²) >= 11 is 0. The molecule has 1 aromatic carbocycles. The summed E-state index contributed by atoms with van der Waals surface area (Å²) in [6.45, 7) is 0.568. The Morgan fingerprint density at radius 2 is 2.16 bits per heavy atom. The van der Waals surface area contributed by atoms with Crippen LogP contribution >= 0.6 is 0 Å². The number of fused-ring (bicyclic) bond motifs is 1. The lowest BCUT2D eigenvalue weighted by atomic mass is 10.1. The van der Waals surface area contributed by atoms with Crippen LogP contribution in [0.2, 0.25) is 0 Å². The molecule has 102 valence electrons. The molecule has 5 heteroatoms. The van der Waals surface area contributed by atoms with Crippen LogP contribution in [0.25, 0.3) is 10.9 Å². The van der Waals surface area contributed by atoms with Crippen LogP contribution < -0.4 is 11.3 Å². The lowest BCUT2D eigenvalue weighted by molar-refractivity contribution is 0.0538. The molecule has 0 bridgehead atoms. The van der Waals surface area contributed by atoms with Crippen LogP contribution in [0, 0.1) is 0 Å². The van der Waals surface area contributed by atoms with Crippen molar-refractivity contribution < 1.29 is 9.84 Å². The topological polar surface area (TPSA) is 77.5 Å². The number of aliphatic hydroxyl groups is 1. The van der Waals surface area contributed by atoms with Crippen LogP contribution in [0.1, 0.15) is 5.56 Å². The van der Waals surface area contributed by atoms with Gasteiger partial charge in [-0.2, -0.15) is 0 Å². The fourth-order valence-electron chi connectivity index (χ4n) is 2.17. The van der Waals surface area contributed by atoms with Gasteiger partial charge in [0.1, 0.15) is 0 Å². The quantitative estimate of drug-likeness (QED) is 0.821. The number of ether oxygens (including phenoxy) is 1. The molecular weight excluding hydrogens is 244 g/mol. The molecule has 1 heterocycles. The summed E-state index contributed by atoms with van der Waals surface area (Å²) in [5.41, 5.74) is 6.78. The van der Waals surface area contributed by atoms with E-state index in [0.717, 1.165) is 10.9 Å². The van der Waals surface area contributed by atoms with Gasteiger partial charge in [-0.15, -0.1) is 0 Å². The van der Waals surface area contributed by atoms with Crippen molar-refractivity contribution in [3.05, 3.63) is 46.2 Å². The van der Waals surface area contributed by atoms with E-state index in [4.69, 9.17) is 10.5 Å². The SMILES string of the molecule is COCC(O)Cn1c(=O)c(CN)cc2ccccc21. The molecule has 1 atom stereocenters. The van der Waals surface area contributed by atoms with Crippen molar-refractivity contribution in [2.45, 2.75) is 19.2 Å². The number of hydrogen-bond donors (Lipinski definition) is 2. The Morgan fingerprint density at radius 1 is 1.42 bits per heavy atom. The molecule has 0 aliphatic carbocycles. The number of nitrogens with two attached hydrogens (primary N) is 1. The predicted octanol–water partition coefficient (Wildman–Crippen LogP) is 0.468. The van der Waals surface area contributed by atoms with Gasteiger partial charge < -0.3 is 20.1 Å². The van der Waals surface area contributed by atoms with Crippen LogP contribution in [-0.2, 0) is 17.8 Å². The van der Waals surface area contributed by atoms with E-state index in [1.165, 1.54) is 7.11 Å². The Morgan fingerprint density at radius 3 is 2.84 bits per heavy atom. The Kier molecular flexibility index (Phi) is 4.31. The van der Waals surface area contributed by atoms with Crippen LogP contribution in [-0.4, -0.2) is 29.5 Å². The Labute approximate surface area is 111 Å². The van der Waals surface area contributed by atoms with E-state index in [1.54, 1.807) is 10.6 Å². The summed E-state index contributed by atoms with van der Waals surface area (Å²) in [6.07, 6.45) is -0.723. The van der Waals surface area contributed by atoms with Crippen molar-refractivity contribution in [2.24, 2.45) is 5.73 Å². The molecule has 1 unspecified atom stereocenters. The van der Waals surface area contributed by atoms with Crippen LogP contribution in [0.3, 0.4) is 0 Å². The van der Waals surface area contributed by atoms with Gasteiger partial charge in [-0.25, -0.2) is 0 Å². The highest BCUT2D eigenvalue weighted by molar-refractivity contribution is 5.79. The van der Waals surface area contributed by atoms with Gasteiger partial charge in [-0.05, 0) is 17.5 Å². The van der Waals surface area contributed by atoms with E-state index in [0.29, 0.717) is 5.56 Å². The van der Waals surface area contributed by atoms with Crippen LogP contribution in [0.4, 0.5) is 0 Å². The van der Waals surface area contributed by atoms with Gasteiger partial charge in [0, 0.05) is 19.2 Å². The predicted molar refractivity (Wildman–Crippen MR) is 74.0 cm³/mol. The van der Waals surface area contributed by atoms with Crippen LogP contribution in [0.15, 0.2) is 35.1 Å². The maximum Gasteiger partial charge on any atom is 0.255 e. The first-order chi connectivity index (χ1) is 9.17. The number of nitrogens with zero attached hydrogens (tertiary/aromatic N) is 1. The number of aromatic nitrogens is 1. The van der Waals surface area contributed by atoms with Crippen LogP contribution in [0.5, 0.6) is 0 Å². The largest absolute Gasteiger partial charge is 0.389 e. The minimum atomic E-state index is -0.723. The molecule has 0 saturated heterocycles. The number of hydrogen-bond acceptors (Lipinski definition) is 4. The summed E-state index contributed by atoms with van der Waals surface area (Å²) in [5, 5.41) is 10.8. The molecule has 0 saturated carbocycles. The maximum absolute atomic E-state index is 12.3. The lowest BCUT2D eigenvalue weighted by Crippen LogP contribution is -2.31. The van der Waals surface area contributed by atoms with E-state index >= 15 is 0 Å². The molecule has 0 radical (unpaired) electrons. The van der Waals surface area contributed by atoms with E-state index in [-0.39, 0.29) is 25.3 Å². The monoisotopic (exact) mass is 262 g/mol. The molecular formula is C14H18N2O3. The molecule has 2 aromatic rings. The summed E-state index contributed by atoms with van der Waals surface area (Å²) in [4.78, 5) is 12.3. The third-order valence-electron chi connectivity index (χ3n) is 3.05. The second-order valence-corrected chi connectivity index (χ2v) is 4.46. The van der Waals surface area contributed by atoms with Crippen molar-refractivity contribution in [2.75, 3.05) is 13.7 Å². The van der Waals surface area contributed by atoms with Gasteiger partial charge in [-0.1, -0.05) is 18.2 Å². The highest BCUT2D eigenvalue weighted by atomic mass is 16.5. The Balaban J connectivity index is 2.56. The summed E-state index contributed by atoms with van der Waals surface area (Å²) in [7, 11) is 1.51. The Bertz CT molecular complexity index is 622. The molecule has 0 aliphatic heterocycles. The summed E-state index contributed by atoms with van der Waals surface area (Å²) in [5.74, 6) is 0. The zero-order valence-corrected chi connectivity index (χ0v) is 10.9. The van der Waals surface area contributed by atoms with Gasteiger partial charge in [0.25, 0.3) is 5.56 Å². The second-order valence-electron chi connectivity index (χ2n) is 4.46. The molecule has 0 spiro atoms. The van der Waals surface area contributed by atoms with E-state index < -0.39 is 6.10 Å². The molecule has 5 nitrogen and oxygen atoms in total. The number of benzene rings is 1. The fraction of sp³-hybridized carbons (Fsp3) is 0.357. The van der Waals surface area contributed by atoms with Crippen molar-refractivity contribution in [1.29, 1.82) is 0 Å².